The van der Waals surface area contributed by atoms with Gasteiger partial charge in [0.2, 0.25) is 11.5 Å². The molecule has 0 aliphatic heterocycles. The zero-order valence-corrected chi connectivity index (χ0v) is 15.9. The van der Waals surface area contributed by atoms with Crippen molar-refractivity contribution in [1.82, 2.24) is 10.3 Å². The number of nitrogens with zero attached hydrogens (tertiary/aromatic N) is 1. The van der Waals surface area contributed by atoms with Crippen molar-refractivity contribution in [3.63, 3.8) is 0 Å². The van der Waals surface area contributed by atoms with Gasteiger partial charge in [-0.05, 0) is 27.7 Å². The molecule has 0 aromatic carbocycles. The molecule has 1 aromatic rings. The molecule has 0 saturated carbocycles. The van der Waals surface area contributed by atoms with Crippen molar-refractivity contribution in [2.24, 2.45) is 0 Å². The Morgan fingerprint density at radius 1 is 1.32 bits per heavy atom. The van der Waals surface area contributed by atoms with Crippen LogP contribution in [0.25, 0.3) is 0 Å². The number of sulfone groups is 1. The van der Waals surface area contributed by atoms with E-state index >= 15 is 0 Å². The maximum Gasteiger partial charge on any atom is 0.424 e. The molecule has 0 aliphatic carbocycles. The molecule has 0 aliphatic rings. The Balaban J connectivity index is 2.82. The zero-order chi connectivity index (χ0) is 19.7. The van der Waals surface area contributed by atoms with Gasteiger partial charge in [-0.15, -0.1) is 11.3 Å². The van der Waals surface area contributed by atoms with E-state index in [1.54, 1.807) is 0 Å². The molecular formula is C14H21F3N2O4S2. The number of carbonyl (C=O) groups is 1. The number of aryl methyl sites for hydroxylation is 1. The van der Waals surface area contributed by atoms with Gasteiger partial charge < -0.3 is 10.4 Å². The summed E-state index contributed by atoms with van der Waals surface area (Å²) in [4.78, 5) is 15.5. The van der Waals surface area contributed by atoms with Crippen LogP contribution in [0.3, 0.4) is 0 Å². The number of hydrogen-bond acceptors (Lipinski definition) is 6. The topological polar surface area (TPSA) is 96.4 Å². The van der Waals surface area contributed by atoms with Crippen molar-refractivity contribution in [2.45, 2.75) is 50.6 Å². The van der Waals surface area contributed by atoms with Gasteiger partial charge in [0.1, 0.15) is 5.01 Å². The van der Waals surface area contributed by atoms with E-state index < -0.39 is 49.5 Å². The molecule has 0 saturated heterocycles. The minimum absolute atomic E-state index is 0.291. The van der Waals surface area contributed by atoms with Crippen molar-refractivity contribution < 1.29 is 31.5 Å². The highest BCUT2D eigenvalue weighted by atomic mass is 32.2. The molecule has 1 heterocycles. The second-order valence-electron chi connectivity index (χ2n) is 6.61. The van der Waals surface area contributed by atoms with E-state index in [0.29, 0.717) is 17.0 Å². The van der Waals surface area contributed by atoms with Crippen molar-refractivity contribution in [1.29, 1.82) is 0 Å². The van der Waals surface area contributed by atoms with Crippen LogP contribution in [-0.4, -0.2) is 47.6 Å². The number of amides is 1. The Morgan fingerprint density at radius 2 is 1.88 bits per heavy atom. The SMILES string of the molecule is Cc1csc(C(O)(CC(=O)NCCS(=O)(=O)C(C)(C)C)C(F)(F)F)n1. The van der Waals surface area contributed by atoms with Gasteiger partial charge in [0.15, 0.2) is 9.84 Å². The van der Waals surface area contributed by atoms with E-state index in [1.165, 1.54) is 33.1 Å². The molecule has 1 aromatic heterocycles. The maximum absolute atomic E-state index is 13.3. The molecule has 1 unspecified atom stereocenters. The van der Waals surface area contributed by atoms with E-state index in [2.05, 4.69) is 10.3 Å². The first-order chi connectivity index (χ1) is 11.1. The van der Waals surface area contributed by atoms with Crippen LogP contribution in [-0.2, 0) is 20.2 Å². The summed E-state index contributed by atoms with van der Waals surface area (Å²) in [6.07, 6.45) is -6.40. The van der Waals surface area contributed by atoms with Gasteiger partial charge in [0, 0.05) is 17.6 Å². The summed E-state index contributed by atoms with van der Waals surface area (Å²) in [6.45, 7) is 5.57. The lowest BCUT2D eigenvalue weighted by atomic mass is 9.99. The number of halogens is 3. The number of rotatable bonds is 6. The molecule has 1 atom stereocenters. The van der Waals surface area contributed by atoms with Crippen LogP contribution in [0.1, 0.15) is 37.9 Å². The predicted molar refractivity (Wildman–Crippen MR) is 88.0 cm³/mol. The quantitative estimate of drug-likeness (QED) is 0.758. The lowest BCUT2D eigenvalue weighted by Crippen LogP contribution is -2.47. The van der Waals surface area contributed by atoms with E-state index in [1.807, 2.05) is 0 Å². The average molecular weight is 402 g/mol. The van der Waals surface area contributed by atoms with Crippen molar-refractivity contribution >= 4 is 27.1 Å². The van der Waals surface area contributed by atoms with Gasteiger partial charge in [-0.1, -0.05) is 0 Å². The Morgan fingerprint density at radius 3 is 2.28 bits per heavy atom. The number of carbonyl (C=O) groups excluding carboxylic acids is 1. The van der Waals surface area contributed by atoms with Crippen LogP contribution >= 0.6 is 11.3 Å². The van der Waals surface area contributed by atoms with Crippen LogP contribution in [0, 0.1) is 6.92 Å². The van der Waals surface area contributed by atoms with Crippen molar-refractivity contribution in [2.75, 3.05) is 12.3 Å². The highest BCUT2D eigenvalue weighted by molar-refractivity contribution is 7.92. The molecule has 1 amide bonds. The first kappa shape index (κ1) is 21.8. The fourth-order valence-corrected chi connectivity index (χ4v) is 3.66. The summed E-state index contributed by atoms with van der Waals surface area (Å²) < 4.78 is 62.6. The second kappa shape index (κ2) is 7.20. The highest BCUT2D eigenvalue weighted by Gasteiger charge is 2.58. The molecule has 2 N–H and O–H groups in total. The number of aromatic nitrogens is 1. The molecule has 144 valence electrons. The molecule has 0 radical (unpaired) electrons. The second-order valence-corrected chi connectivity index (χ2v) is 10.3. The van der Waals surface area contributed by atoms with E-state index in [0.717, 1.165) is 0 Å². The molecule has 11 heteroatoms. The summed E-state index contributed by atoms with van der Waals surface area (Å²) in [5.41, 5.74) is -3.13. The number of aliphatic hydroxyl groups is 1. The molecule has 0 fully saturated rings. The predicted octanol–water partition coefficient (Wildman–Crippen LogP) is 1.92. The van der Waals surface area contributed by atoms with Gasteiger partial charge in [0.05, 0.1) is 16.9 Å². The maximum atomic E-state index is 13.3. The first-order valence-corrected chi connectivity index (χ1v) is 9.84. The molecule has 25 heavy (non-hydrogen) atoms. The van der Waals surface area contributed by atoms with E-state index in [9.17, 15) is 31.5 Å². The van der Waals surface area contributed by atoms with E-state index in [-0.39, 0.29) is 6.54 Å². The number of hydrogen-bond donors (Lipinski definition) is 2. The minimum Gasteiger partial charge on any atom is -0.374 e. The summed E-state index contributed by atoms with van der Waals surface area (Å²) >= 11 is 0.600. The summed E-state index contributed by atoms with van der Waals surface area (Å²) in [6, 6.07) is 0. The number of alkyl halides is 3. The number of thiazole rings is 1. The fraction of sp³-hybridized carbons (Fsp3) is 0.714. The molecule has 0 bridgehead atoms. The lowest BCUT2D eigenvalue weighted by Gasteiger charge is -2.28. The third kappa shape index (κ3) is 5.14. The molecule has 6 nitrogen and oxygen atoms in total. The van der Waals surface area contributed by atoms with Crippen molar-refractivity contribution in [3.05, 3.63) is 16.1 Å². The monoisotopic (exact) mass is 402 g/mol. The normalized spacial score (nSPS) is 15.7. The molecular weight excluding hydrogens is 381 g/mol. The van der Waals surface area contributed by atoms with Crippen LogP contribution < -0.4 is 5.32 Å². The Bertz CT molecular complexity index is 723. The Hall–Kier alpha value is -1.20. The average Bonchev–Trinajstić information content (AvgIpc) is 2.82. The number of nitrogens with one attached hydrogen (secondary N) is 1. The van der Waals surface area contributed by atoms with E-state index in [4.69, 9.17) is 0 Å². The zero-order valence-electron chi connectivity index (χ0n) is 14.3. The van der Waals surface area contributed by atoms with Crippen LogP contribution in [0.2, 0.25) is 0 Å². The lowest BCUT2D eigenvalue weighted by molar-refractivity contribution is -0.267. The highest BCUT2D eigenvalue weighted by Crippen LogP contribution is 2.42. The van der Waals surface area contributed by atoms with Gasteiger partial charge in [-0.2, -0.15) is 13.2 Å². The Labute approximate surface area is 148 Å². The van der Waals surface area contributed by atoms with Crippen LogP contribution in [0.15, 0.2) is 5.38 Å². The summed E-state index contributed by atoms with van der Waals surface area (Å²) in [7, 11) is -3.52. The standard InChI is InChI=1S/C14H21F3N2O4S2/c1-9-8-24-11(19-9)13(21,14(15,16)17)7-10(20)18-5-6-25(22,23)12(2,3)4/h8,21H,5-7H2,1-4H3,(H,18,20). The molecule has 1 rings (SSSR count). The third-order valence-corrected chi connectivity index (χ3v) is 7.20. The van der Waals surface area contributed by atoms with Gasteiger partial charge in [0.25, 0.3) is 0 Å². The van der Waals surface area contributed by atoms with Gasteiger partial charge in [-0.25, -0.2) is 13.4 Å². The first-order valence-electron chi connectivity index (χ1n) is 7.31. The van der Waals surface area contributed by atoms with Crippen molar-refractivity contribution in [3.8, 4) is 0 Å². The van der Waals surface area contributed by atoms with Gasteiger partial charge >= 0.3 is 6.18 Å². The van der Waals surface area contributed by atoms with Gasteiger partial charge in [-0.3, -0.25) is 4.79 Å². The fourth-order valence-electron chi connectivity index (χ4n) is 1.77. The Kier molecular flexibility index (Phi) is 6.29. The smallest absolute Gasteiger partial charge is 0.374 e. The summed E-state index contributed by atoms with van der Waals surface area (Å²) in [5, 5.41) is 12.9. The van der Waals surface area contributed by atoms with Crippen LogP contribution in [0.4, 0.5) is 13.2 Å². The summed E-state index contributed by atoms with van der Waals surface area (Å²) in [5.74, 6) is -1.53. The third-order valence-electron chi connectivity index (χ3n) is 3.48. The van der Waals surface area contributed by atoms with Crippen LogP contribution in [0.5, 0.6) is 0 Å². The molecule has 0 spiro atoms. The largest absolute Gasteiger partial charge is 0.424 e. The minimum atomic E-state index is -5.11.